The van der Waals surface area contributed by atoms with Crippen LogP contribution in [0.5, 0.6) is 0 Å². The van der Waals surface area contributed by atoms with E-state index in [0.717, 1.165) is 0 Å². The number of rotatable bonds is 0. The summed E-state index contributed by atoms with van der Waals surface area (Å²) in [6.07, 6.45) is 0. The normalized spacial score (nSPS) is 6.86. The fourth-order valence-corrected chi connectivity index (χ4v) is 0.342. The molecule has 0 N–H and O–H groups in total. The third-order valence-corrected chi connectivity index (χ3v) is 0.607. The van der Waals surface area contributed by atoms with Gasteiger partial charge in [0.1, 0.15) is 0 Å². The molecule has 1 heteroatoms. The molecule has 0 amide bonds. The van der Waals surface area contributed by atoms with Crippen molar-refractivity contribution in [1.29, 1.82) is 0 Å². The summed E-state index contributed by atoms with van der Waals surface area (Å²) in [6, 6.07) is 12.5. The van der Waals surface area contributed by atoms with E-state index in [1.54, 1.807) is 0 Å². The zero-order valence-electron chi connectivity index (χ0n) is 3.69. The molecule has 0 heterocycles. The van der Waals surface area contributed by atoms with E-state index in [4.69, 9.17) is 0 Å². The van der Waals surface area contributed by atoms with Crippen LogP contribution in [0.15, 0.2) is 30.3 Å². The van der Waals surface area contributed by atoms with Gasteiger partial charge in [0.05, 0.1) is 0 Å². The Hall–Kier alpha value is -0.0397. The molecule has 0 aromatic heterocycles. The second kappa shape index (κ2) is 4.13. The molecule has 2 radical (unpaired) electrons. The van der Waals surface area contributed by atoms with E-state index < -0.39 is 0 Å². The summed E-state index contributed by atoms with van der Waals surface area (Å²) in [7, 11) is 0. The summed E-state index contributed by atoms with van der Waals surface area (Å²) in [5.41, 5.74) is 0. The minimum atomic E-state index is 0. The second-order valence-electron chi connectivity index (χ2n) is 1.08. The monoisotopic (exact) mass is 274 g/mol. The van der Waals surface area contributed by atoms with Crippen LogP contribution in [0.25, 0.3) is 0 Å². The molecule has 0 fully saturated rings. The quantitative estimate of drug-likeness (QED) is 0.629. The van der Waals surface area contributed by atoms with Crippen LogP contribution in [0.4, 0.5) is 0 Å². The van der Waals surface area contributed by atoms with Gasteiger partial charge in [-0.05, 0) is 6.07 Å². The zero-order valence-corrected chi connectivity index (χ0v) is 5.85. The molecule has 0 spiro atoms. The van der Waals surface area contributed by atoms with Crippen molar-refractivity contribution in [2.45, 2.75) is 0 Å². The van der Waals surface area contributed by atoms with Crippen molar-refractivity contribution < 1.29 is 22.4 Å². The number of hydrogen-bond donors (Lipinski definition) is 0. The van der Waals surface area contributed by atoms with Crippen molar-refractivity contribution in [3.63, 3.8) is 0 Å². The van der Waals surface area contributed by atoms with E-state index in [2.05, 4.69) is 6.07 Å². The van der Waals surface area contributed by atoms with Gasteiger partial charge in [-0.2, -0.15) is 0 Å². The second-order valence-corrected chi connectivity index (χ2v) is 1.08. The average molecular weight is 274 g/mol. The van der Waals surface area contributed by atoms with Crippen molar-refractivity contribution in [2.24, 2.45) is 0 Å². The molecule has 40 valence electrons. The Labute approximate surface area is 59.1 Å². The van der Waals surface area contributed by atoms with Gasteiger partial charge in [0.15, 0.2) is 0 Å². The van der Waals surface area contributed by atoms with Crippen molar-refractivity contribution in [1.82, 2.24) is 0 Å². The Morgan fingerprint density at radius 2 is 1.43 bits per heavy atom. The van der Waals surface area contributed by atoms with E-state index in [-0.39, 0.29) is 22.4 Å². The van der Waals surface area contributed by atoms with E-state index >= 15 is 0 Å². The molecular formula is C6H5Au. The first-order valence-corrected chi connectivity index (χ1v) is 1.91. The van der Waals surface area contributed by atoms with Gasteiger partial charge in [-0.3, -0.25) is 0 Å². The Balaban J connectivity index is 0.000000360. The van der Waals surface area contributed by atoms with Gasteiger partial charge in [-0.15, -0.1) is 0 Å². The Morgan fingerprint density at radius 3 is 1.57 bits per heavy atom. The molecule has 0 unspecified atom stereocenters. The largest absolute Gasteiger partial charge is 0.0622 e. The molecular weight excluding hydrogens is 269 g/mol. The maximum absolute atomic E-state index is 2.89. The van der Waals surface area contributed by atoms with Crippen LogP contribution >= 0.6 is 0 Å². The maximum atomic E-state index is 2.89. The number of hydrogen-bond acceptors (Lipinski definition) is 0. The first kappa shape index (κ1) is 6.96. The van der Waals surface area contributed by atoms with Gasteiger partial charge in [0.2, 0.25) is 0 Å². The molecule has 0 saturated heterocycles. The summed E-state index contributed by atoms with van der Waals surface area (Å²) >= 11 is 0. The minimum absolute atomic E-state index is 0. The van der Waals surface area contributed by atoms with E-state index in [0.29, 0.717) is 0 Å². The van der Waals surface area contributed by atoms with Gasteiger partial charge in [0.25, 0.3) is 0 Å². The van der Waals surface area contributed by atoms with Crippen LogP contribution in [0, 0.1) is 6.07 Å². The Morgan fingerprint density at radius 1 is 0.857 bits per heavy atom. The molecule has 0 aliphatic heterocycles. The summed E-state index contributed by atoms with van der Waals surface area (Å²) < 4.78 is 0. The molecule has 0 aliphatic rings. The van der Waals surface area contributed by atoms with Crippen LogP contribution in [0.1, 0.15) is 0 Å². The van der Waals surface area contributed by atoms with Crippen LogP contribution in [-0.4, -0.2) is 0 Å². The predicted molar refractivity (Wildman–Crippen MR) is 25.3 cm³/mol. The van der Waals surface area contributed by atoms with Gasteiger partial charge in [-0.1, -0.05) is 30.3 Å². The maximum Gasteiger partial charge on any atom is 0 e. The van der Waals surface area contributed by atoms with E-state index in [1.165, 1.54) is 0 Å². The van der Waals surface area contributed by atoms with Crippen molar-refractivity contribution in [2.75, 3.05) is 0 Å². The van der Waals surface area contributed by atoms with Crippen LogP contribution in [0.3, 0.4) is 0 Å². The predicted octanol–water partition coefficient (Wildman–Crippen LogP) is 1.48. The molecule has 1 rings (SSSR count). The molecule has 1 aromatic carbocycles. The van der Waals surface area contributed by atoms with E-state index in [9.17, 15) is 0 Å². The van der Waals surface area contributed by atoms with E-state index in [1.807, 2.05) is 30.3 Å². The molecule has 0 saturated carbocycles. The molecule has 0 bridgehead atoms. The molecule has 1 aromatic rings. The SMILES string of the molecule is [Au].[c]1ccccc1. The van der Waals surface area contributed by atoms with Gasteiger partial charge in [0, 0.05) is 22.4 Å². The molecule has 0 atom stereocenters. The topological polar surface area (TPSA) is 0 Å². The standard InChI is InChI=1S/C6H5.Au/c1-2-4-6-5-3-1;/h1-5H;. The molecule has 0 nitrogen and oxygen atoms in total. The zero-order chi connectivity index (χ0) is 4.24. The smallest absolute Gasteiger partial charge is 0 e. The van der Waals surface area contributed by atoms with Gasteiger partial charge >= 0.3 is 0 Å². The summed E-state index contributed by atoms with van der Waals surface area (Å²) in [6.45, 7) is 0. The van der Waals surface area contributed by atoms with Crippen LogP contribution in [0.2, 0.25) is 0 Å². The molecule has 7 heavy (non-hydrogen) atoms. The van der Waals surface area contributed by atoms with Crippen molar-refractivity contribution in [3.8, 4) is 0 Å². The first-order valence-electron chi connectivity index (χ1n) is 1.91. The average Bonchev–Trinajstić information content (AvgIpc) is 1.72. The van der Waals surface area contributed by atoms with Crippen LogP contribution in [-0.2, 0) is 22.4 Å². The summed E-state index contributed by atoms with van der Waals surface area (Å²) in [4.78, 5) is 0. The number of benzene rings is 1. The Kier molecular flexibility index (Phi) is 4.10. The summed E-state index contributed by atoms with van der Waals surface area (Å²) in [5, 5.41) is 0. The van der Waals surface area contributed by atoms with Gasteiger partial charge in [-0.25, -0.2) is 0 Å². The minimum Gasteiger partial charge on any atom is -0.0622 e. The molecule has 0 aliphatic carbocycles. The first-order chi connectivity index (χ1) is 3.00. The van der Waals surface area contributed by atoms with Crippen molar-refractivity contribution in [3.05, 3.63) is 36.4 Å². The fraction of sp³-hybridized carbons (Fsp3) is 0. The summed E-state index contributed by atoms with van der Waals surface area (Å²) in [5.74, 6) is 0. The third-order valence-electron chi connectivity index (χ3n) is 0.607. The van der Waals surface area contributed by atoms with Gasteiger partial charge < -0.3 is 0 Å². The third kappa shape index (κ3) is 2.63. The Bertz CT molecular complexity index is 76.1. The van der Waals surface area contributed by atoms with Crippen molar-refractivity contribution >= 4 is 0 Å². The fourth-order valence-electron chi connectivity index (χ4n) is 0.342. The van der Waals surface area contributed by atoms with Crippen LogP contribution < -0.4 is 0 Å².